The average Bonchev–Trinajstić information content (AvgIpc) is 3.40. The van der Waals surface area contributed by atoms with Crippen LogP contribution in [0, 0.1) is 11.6 Å². The lowest BCUT2D eigenvalue weighted by Crippen LogP contribution is -2.33. The molecule has 2 amide bonds. The summed E-state index contributed by atoms with van der Waals surface area (Å²) in [6.45, 7) is 2.42. The van der Waals surface area contributed by atoms with Crippen molar-refractivity contribution in [2.75, 3.05) is 36.0 Å². The van der Waals surface area contributed by atoms with E-state index in [0.29, 0.717) is 19.5 Å². The van der Waals surface area contributed by atoms with Crippen molar-refractivity contribution in [1.82, 2.24) is 20.3 Å². The minimum Gasteiger partial charge on any atom is -0.442 e. The molecule has 2 fully saturated rings. The predicted octanol–water partition coefficient (Wildman–Crippen LogP) is 1.47. The molecule has 1 N–H and O–H groups in total. The largest absolute Gasteiger partial charge is 0.442 e. The molecule has 2 aliphatic heterocycles. The van der Waals surface area contributed by atoms with Gasteiger partial charge in [0, 0.05) is 32.1 Å². The molecule has 29 heavy (non-hydrogen) atoms. The Labute approximate surface area is 165 Å². The topological polar surface area (TPSA) is 92.6 Å². The van der Waals surface area contributed by atoms with Crippen molar-refractivity contribution < 1.29 is 23.1 Å². The lowest BCUT2D eigenvalue weighted by atomic mass is 10.2. The van der Waals surface area contributed by atoms with Crippen molar-refractivity contribution in [3.8, 4) is 0 Å². The van der Waals surface area contributed by atoms with Crippen LogP contribution in [-0.2, 0) is 9.53 Å². The maximum atomic E-state index is 14.8. The lowest BCUT2D eigenvalue weighted by Gasteiger charge is -2.22. The molecule has 9 nitrogen and oxygen atoms in total. The minimum absolute atomic E-state index is 0.0634. The Morgan fingerprint density at radius 2 is 1.93 bits per heavy atom. The second-order valence-electron chi connectivity index (χ2n) is 7.05. The highest BCUT2D eigenvalue weighted by molar-refractivity contribution is 5.90. The molecule has 2 aliphatic rings. The third-order valence-corrected chi connectivity index (χ3v) is 5.01. The summed E-state index contributed by atoms with van der Waals surface area (Å²) in [5, 5.41) is 10.7. The Hall–Kier alpha value is -3.24. The van der Waals surface area contributed by atoms with Crippen LogP contribution in [0.5, 0.6) is 0 Å². The summed E-state index contributed by atoms with van der Waals surface area (Å²) < 4.78 is 34.8. The van der Waals surface area contributed by atoms with Crippen LogP contribution in [0.4, 0.5) is 25.0 Å². The summed E-state index contributed by atoms with van der Waals surface area (Å²) >= 11 is 0. The van der Waals surface area contributed by atoms with Gasteiger partial charge >= 0.3 is 6.09 Å². The van der Waals surface area contributed by atoms with Gasteiger partial charge in [-0.15, -0.1) is 0 Å². The van der Waals surface area contributed by atoms with Gasteiger partial charge in [-0.25, -0.2) is 13.6 Å². The highest BCUT2D eigenvalue weighted by atomic mass is 19.1. The number of carbonyl (C=O) groups is 2. The zero-order valence-corrected chi connectivity index (χ0v) is 15.7. The number of aromatic nitrogens is 3. The maximum Gasteiger partial charge on any atom is 0.414 e. The van der Waals surface area contributed by atoms with Crippen LogP contribution in [-0.4, -0.2) is 59.3 Å². The van der Waals surface area contributed by atoms with Crippen LogP contribution in [0.3, 0.4) is 0 Å². The zero-order valence-electron chi connectivity index (χ0n) is 15.7. The smallest absolute Gasteiger partial charge is 0.414 e. The molecule has 2 saturated heterocycles. The minimum atomic E-state index is -0.757. The number of nitrogens with one attached hydrogen (secondary N) is 1. The number of hydrogen-bond acceptors (Lipinski definition) is 6. The van der Waals surface area contributed by atoms with E-state index in [4.69, 9.17) is 4.74 Å². The van der Waals surface area contributed by atoms with Gasteiger partial charge in [-0.05, 0) is 6.42 Å². The molecule has 0 saturated carbocycles. The highest BCUT2D eigenvalue weighted by Crippen LogP contribution is 2.34. The fourth-order valence-electron chi connectivity index (χ4n) is 3.65. The molecule has 0 spiro atoms. The van der Waals surface area contributed by atoms with Gasteiger partial charge < -0.3 is 15.0 Å². The third kappa shape index (κ3) is 3.84. The normalized spacial score (nSPS) is 21.6. The number of anilines is 2. The number of nitrogens with zero attached hydrogens (tertiary/aromatic N) is 5. The van der Waals surface area contributed by atoms with E-state index in [1.807, 2.05) is 0 Å². The first-order valence-corrected chi connectivity index (χ1v) is 9.24. The van der Waals surface area contributed by atoms with E-state index in [9.17, 15) is 18.4 Å². The standard InChI is InChI=1S/C18H20F2N6O3/c1-11(27)21-8-14-10-25(18(28)29-14)13-6-15(19)17(16(20)7-13)24-5-2-12(9-24)26-22-3-4-23-26/h3-4,6-7,12,14H,2,5,8-10H2,1H3,(H,21,27)/t12-,14+/m1/s1. The van der Waals surface area contributed by atoms with Gasteiger partial charge in [0.05, 0.1) is 37.2 Å². The first-order valence-electron chi connectivity index (χ1n) is 9.24. The van der Waals surface area contributed by atoms with Gasteiger partial charge in [0.25, 0.3) is 0 Å². The molecule has 2 atom stereocenters. The van der Waals surface area contributed by atoms with E-state index in [-0.39, 0.29) is 36.4 Å². The van der Waals surface area contributed by atoms with Crippen molar-refractivity contribution in [3.63, 3.8) is 0 Å². The van der Waals surface area contributed by atoms with Crippen LogP contribution in [0.1, 0.15) is 19.4 Å². The van der Waals surface area contributed by atoms with Gasteiger partial charge in [-0.2, -0.15) is 15.0 Å². The number of hydrogen-bond donors (Lipinski definition) is 1. The van der Waals surface area contributed by atoms with E-state index in [2.05, 4.69) is 15.5 Å². The zero-order chi connectivity index (χ0) is 20.5. The number of cyclic esters (lactones) is 1. The molecule has 154 valence electrons. The van der Waals surface area contributed by atoms with Crippen molar-refractivity contribution in [3.05, 3.63) is 36.2 Å². The van der Waals surface area contributed by atoms with E-state index < -0.39 is 23.8 Å². The number of carbonyl (C=O) groups excluding carboxylic acids is 2. The summed E-state index contributed by atoms with van der Waals surface area (Å²) in [6, 6.07) is 2.19. The number of benzene rings is 1. The molecule has 0 radical (unpaired) electrons. The van der Waals surface area contributed by atoms with Crippen LogP contribution in [0.2, 0.25) is 0 Å². The number of ether oxygens (including phenoxy) is 1. The Kier molecular flexibility index (Phi) is 5.03. The molecule has 0 bridgehead atoms. The van der Waals surface area contributed by atoms with E-state index in [1.54, 1.807) is 22.1 Å². The van der Waals surface area contributed by atoms with E-state index in [1.165, 1.54) is 6.92 Å². The third-order valence-electron chi connectivity index (χ3n) is 5.01. The van der Waals surface area contributed by atoms with Gasteiger partial charge in [0.15, 0.2) is 11.6 Å². The Balaban J connectivity index is 1.49. The van der Waals surface area contributed by atoms with Gasteiger partial charge in [0.1, 0.15) is 11.8 Å². The molecular formula is C18H20F2N6O3. The van der Waals surface area contributed by atoms with Crippen LogP contribution in [0.25, 0.3) is 0 Å². The molecule has 1 aromatic heterocycles. The number of amides is 2. The second kappa shape index (κ2) is 7.64. The Morgan fingerprint density at radius 1 is 1.24 bits per heavy atom. The molecule has 2 aromatic rings. The van der Waals surface area contributed by atoms with Crippen molar-refractivity contribution in [1.29, 1.82) is 0 Å². The summed E-state index contributed by atoms with van der Waals surface area (Å²) in [4.78, 5) is 27.4. The Bertz CT molecular complexity index is 899. The number of rotatable bonds is 5. The molecule has 0 aliphatic carbocycles. The lowest BCUT2D eigenvalue weighted by molar-refractivity contribution is -0.119. The van der Waals surface area contributed by atoms with E-state index >= 15 is 0 Å². The van der Waals surface area contributed by atoms with Gasteiger partial charge in [0.2, 0.25) is 5.91 Å². The van der Waals surface area contributed by atoms with E-state index in [0.717, 1.165) is 17.0 Å². The quantitative estimate of drug-likeness (QED) is 0.809. The molecule has 11 heteroatoms. The highest BCUT2D eigenvalue weighted by Gasteiger charge is 2.34. The van der Waals surface area contributed by atoms with Crippen molar-refractivity contribution in [2.45, 2.75) is 25.5 Å². The molecule has 4 rings (SSSR count). The summed E-state index contributed by atoms with van der Waals surface area (Å²) in [7, 11) is 0. The summed E-state index contributed by atoms with van der Waals surface area (Å²) in [6.07, 6.45) is 2.49. The van der Waals surface area contributed by atoms with Crippen molar-refractivity contribution in [2.24, 2.45) is 0 Å². The van der Waals surface area contributed by atoms with Crippen LogP contribution in [0.15, 0.2) is 24.5 Å². The summed E-state index contributed by atoms with van der Waals surface area (Å²) in [5.74, 6) is -1.77. The summed E-state index contributed by atoms with van der Waals surface area (Å²) in [5.41, 5.74) is -0.0608. The fraction of sp³-hybridized carbons (Fsp3) is 0.444. The molecular weight excluding hydrogens is 386 g/mol. The first kappa shape index (κ1) is 19.1. The molecule has 1 aromatic carbocycles. The maximum absolute atomic E-state index is 14.8. The Morgan fingerprint density at radius 3 is 2.59 bits per heavy atom. The monoisotopic (exact) mass is 406 g/mol. The fourth-order valence-corrected chi connectivity index (χ4v) is 3.65. The van der Waals surface area contributed by atoms with Crippen LogP contribution >= 0.6 is 0 Å². The first-order chi connectivity index (χ1) is 13.9. The molecule has 3 heterocycles. The van der Waals surface area contributed by atoms with Gasteiger partial charge in [-0.1, -0.05) is 0 Å². The van der Waals surface area contributed by atoms with Crippen molar-refractivity contribution >= 4 is 23.4 Å². The SMILES string of the molecule is CC(=O)NC[C@H]1CN(c2cc(F)c(N3CC[C@@H](n4nccn4)C3)c(F)c2)C(=O)O1. The van der Waals surface area contributed by atoms with Gasteiger partial charge in [-0.3, -0.25) is 9.69 Å². The number of halogens is 2. The average molecular weight is 406 g/mol. The van der Waals surface area contributed by atoms with Crippen LogP contribution < -0.4 is 15.1 Å². The molecule has 0 unspecified atom stereocenters. The predicted molar refractivity (Wildman–Crippen MR) is 98.5 cm³/mol. The second-order valence-corrected chi connectivity index (χ2v) is 7.05.